The van der Waals surface area contributed by atoms with Gasteiger partial charge in [-0.3, -0.25) is 4.98 Å². The van der Waals surface area contributed by atoms with Gasteiger partial charge in [-0.05, 0) is 43.9 Å². The molecule has 0 aromatic carbocycles. The number of hydrogen-bond donors (Lipinski definition) is 1. The fourth-order valence-corrected chi connectivity index (χ4v) is 3.76. The van der Waals surface area contributed by atoms with Crippen molar-refractivity contribution >= 4 is 10.0 Å². The molecule has 2 N–H and O–H groups in total. The first kappa shape index (κ1) is 13.5. The van der Waals surface area contributed by atoms with Crippen molar-refractivity contribution in [3.8, 4) is 0 Å². The second-order valence-corrected chi connectivity index (χ2v) is 6.55. The van der Waals surface area contributed by atoms with E-state index in [4.69, 9.17) is 5.73 Å². The van der Waals surface area contributed by atoms with Gasteiger partial charge in [0.1, 0.15) is 4.90 Å². The average Bonchev–Trinajstić information content (AvgIpc) is 2.41. The molecule has 1 aromatic rings. The Hall–Kier alpha value is -0.980. The van der Waals surface area contributed by atoms with Gasteiger partial charge in [-0.15, -0.1) is 0 Å². The minimum Gasteiger partial charge on any atom is -0.330 e. The number of sulfonamides is 1. The van der Waals surface area contributed by atoms with Gasteiger partial charge in [0.25, 0.3) is 0 Å². The number of piperidine rings is 1. The quantitative estimate of drug-likeness (QED) is 0.878. The highest BCUT2D eigenvalue weighted by molar-refractivity contribution is 7.89. The summed E-state index contributed by atoms with van der Waals surface area (Å²) in [5, 5.41) is 0. The third-order valence-corrected chi connectivity index (χ3v) is 5.30. The summed E-state index contributed by atoms with van der Waals surface area (Å²) in [5.41, 5.74) is 5.53. The topological polar surface area (TPSA) is 76.3 Å². The van der Waals surface area contributed by atoms with Crippen molar-refractivity contribution < 1.29 is 8.42 Å². The Morgan fingerprint density at radius 1 is 1.39 bits per heavy atom. The van der Waals surface area contributed by atoms with Gasteiger partial charge in [-0.2, -0.15) is 4.31 Å². The molecule has 2 heterocycles. The third kappa shape index (κ3) is 2.88. The first-order valence-corrected chi connectivity index (χ1v) is 7.69. The van der Waals surface area contributed by atoms with Crippen molar-refractivity contribution in [2.24, 2.45) is 11.7 Å². The number of nitrogens with two attached hydrogens (primary N) is 1. The Morgan fingerprint density at radius 2 is 2.11 bits per heavy atom. The van der Waals surface area contributed by atoms with Crippen LogP contribution in [0.15, 0.2) is 29.4 Å². The van der Waals surface area contributed by atoms with Gasteiger partial charge in [0.05, 0.1) is 0 Å². The van der Waals surface area contributed by atoms with E-state index in [1.807, 2.05) is 0 Å². The van der Waals surface area contributed by atoms with E-state index in [1.54, 1.807) is 22.6 Å². The number of hydrogen-bond acceptors (Lipinski definition) is 4. The average molecular weight is 269 g/mol. The lowest BCUT2D eigenvalue weighted by atomic mass is 9.95. The van der Waals surface area contributed by atoms with E-state index in [9.17, 15) is 8.42 Å². The SMILES string of the molecule is NCCC1CCN(S(=O)(=O)c2cccnc2)CC1. The van der Waals surface area contributed by atoms with Crippen LogP contribution in [0.2, 0.25) is 0 Å². The van der Waals surface area contributed by atoms with E-state index >= 15 is 0 Å². The number of nitrogens with zero attached hydrogens (tertiary/aromatic N) is 2. The summed E-state index contributed by atoms with van der Waals surface area (Å²) in [4.78, 5) is 4.15. The monoisotopic (exact) mass is 269 g/mol. The standard InChI is InChI=1S/C12H19N3O2S/c13-6-3-11-4-8-15(9-5-11)18(16,17)12-2-1-7-14-10-12/h1-2,7,10-11H,3-6,8-9,13H2. The molecule has 0 spiro atoms. The van der Waals surface area contributed by atoms with Gasteiger partial charge in [0, 0.05) is 25.5 Å². The number of rotatable bonds is 4. The molecule has 2 rings (SSSR count). The van der Waals surface area contributed by atoms with Crippen molar-refractivity contribution in [2.75, 3.05) is 19.6 Å². The highest BCUT2D eigenvalue weighted by Crippen LogP contribution is 2.24. The molecule has 18 heavy (non-hydrogen) atoms. The minimum atomic E-state index is -3.36. The van der Waals surface area contributed by atoms with Crippen molar-refractivity contribution in [3.05, 3.63) is 24.5 Å². The summed E-state index contributed by atoms with van der Waals surface area (Å²) in [6.07, 6.45) is 5.77. The summed E-state index contributed by atoms with van der Waals surface area (Å²) in [5.74, 6) is 0.565. The lowest BCUT2D eigenvalue weighted by Crippen LogP contribution is -2.38. The Labute approximate surface area is 108 Å². The molecule has 1 saturated heterocycles. The molecule has 1 aromatic heterocycles. The smallest absolute Gasteiger partial charge is 0.244 e. The molecule has 1 aliphatic rings. The summed E-state index contributed by atoms with van der Waals surface area (Å²) in [7, 11) is -3.36. The van der Waals surface area contributed by atoms with Crippen LogP contribution in [0.3, 0.4) is 0 Å². The van der Waals surface area contributed by atoms with Crippen LogP contribution < -0.4 is 5.73 Å². The summed E-state index contributed by atoms with van der Waals surface area (Å²) in [6, 6.07) is 3.24. The molecule has 5 nitrogen and oxygen atoms in total. The van der Waals surface area contributed by atoms with Crippen molar-refractivity contribution in [1.29, 1.82) is 0 Å². The largest absolute Gasteiger partial charge is 0.330 e. The Morgan fingerprint density at radius 3 is 2.67 bits per heavy atom. The van der Waals surface area contributed by atoms with Crippen molar-refractivity contribution in [1.82, 2.24) is 9.29 Å². The fraction of sp³-hybridized carbons (Fsp3) is 0.583. The van der Waals surface area contributed by atoms with E-state index in [0.29, 0.717) is 25.6 Å². The number of pyridine rings is 1. The van der Waals surface area contributed by atoms with Gasteiger partial charge in [0.15, 0.2) is 0 Å². The maximum Gasteiger partial charge on any atom is 0.244 e. The van der Waals surface area contributed by atoms with Crippen molar-refractivity contribution in [2.45, 2.75) is 24.2 Å². The highest BCUT2D eigenvalue weighted by Gasteiger charge is 2.28. The summed E-state index contributed by atoms with van der Waals surface area (Å²) >= 11 is 0. The minimum absolute atomic E-state index is 0.280. The molecule has 1 fully saturated rings. The normalized spacial score (nSPS) is 18.9. The van der Waals surface area contributed by atoms with Gasteiger partial charge in [-0.25, -0.2) is 8.42 Å². The van der Waals surface area contributed by atoms with Crippen LogP contribution in [-0.4, -0.2) is 37.3 Å². The fourth-order valence-electron chi connectivity index (χ4n) is 2.32. The van der Waals surface area contributed by atoms with E-state index in [0.717, 1.165) is 19.3 Å². The van der Waals surface area contributed by atoms with Crippen molar-refractivity contribution in [3.63, 3.8) is 0 Å². The Balaban J connectivity index is 2.05. The molecule has 1 aliphatic heterocycles. The van der Waals surface area contributed by atoms with Crippen LogP contribution in [0.4, 0.5) is 0 Å². The molecule has 0 unspecified atom stereocenters. The molecule has 0 saturated carbocycles. The molecular formula is C12H19N3O2S. The molecule has 100 valence electrons. The second-order valence-electron chi connectivity index (χ2n) is 4.61. The molecular weight excluding hydrogens is 250 g/mol. The summed E-state index contributed by atoms with van der Waals surface area (Å²) in [6.45, 7) is 1.85. The first-order valence-electron chi connectivity index (χ1n) is 6.25. The van der Waals surface area contributed by atoms with E-state index in [2.05, 4.69) is 4.98 Å². The zero-order valence-corrected chi connectivity index (χ0v) is 11.1. The lowest BCUT2D eigenvalue weighted by Gasteiger charge is -2.30. The predicted octanol–water partition coefficient (Wildman–Crippen LogP) is 0.831. The first-order chi connectivity index (χ1) is 8.64. The highest BCUT2D eigenvalue weighted by atomic mass is 32.2. The van der Waals surface area contributed by atoms with Crippen LogP contribution >= 0.6 is 0 Å². The predicted molar refractivity (Wildman–Crippen MR) is 69.4 cm³/mol. The van der Waals surface area contributed by atoms with E-state index in [1.165, 1.54) is 6.20 Å². The van der Waals surface area contributed by atoms with Gasteiger partial charge in [0.2, 0.25) is 10.0 Å². The van der Waals surface area contributed by atoms with Gasteiger partial charge < -0.3 is 5.73 Å². The maximum atomic E-state index is 12.3. The van der Waals surface area contributed by atoms with Crippen LogP contribution in [0.5, 0.6) is 0 Å². The Bertz CT molecular complexity index is 467. The van der Waals surface area contributed by atoms with E-state index < -0.39 is 10.0 Å². The maximum absolute atomic E-state index is 12.3. The third-order valence-electron chi connectivity index (χ3n) is 3.42. The lowest BCUT2D eigenvalue weighted by molar-refractivity contribution is 0.266. The summed E-state index contributed by atoms with van der Waals surface area (Å²) < 4.78 is 26.2. The molecule has 0 atom stereocenters. The van der Waals surface area contributed by atoms with Crippen LogP contribution in [0.25, 0.3) is 0 Å². The van der Waals surface area contributed by atoms with Crippen LogP contribution in [-0.2, 0) is 10.0 Å². The van der Waals surface area contributed by atoms with E-state index in [-0.39, 0.29) is 4.90 Å². The van der Waals surface area contributed by atoms with Crippen LogP contribution in [0.1, 0.15) is 19.3 Å². The number of aromatic nitrogens is 1. The Kier molecular flexibility index (Phi) is 4.31. The molecule has 0 amide bonds. The van der Waals surface area contributed by atoms with Gasteiger partial charge in [-0.1, -0.05) is 0 Å². The second kappa shape index (κ2) is 5.77. The molecule has 0 bridgehead atoms. The molecule has 0 radical (unpaired) electrons. The molecule has 6 heteroatoms. The molecule has 0 aliphatic carbocycles. The van der Waals surface area contributed by atoms with Gasteiger partial charge >= 0.3 is 0 Å². The van der Waals surface area contributed by atoms with Crippen LogP contribution in [0, 0.1) is 5.92 Å². The zero-order valence-electron chi connectivity index (χ0n) is 10.3. The zero-order chi connectivity index (χ0) is 13.0.